The minimum atomic E-state index is 0.408. The molecule has 0 spiro atoms. The molecule has 0 amide bonds. The highest BCUT2D eigenvalue weighted by molar-refractivity contribution is 7.99. The Morgan fingerprint density at radius 1 is 1.29 bits per heavy atom. The van der Waals surface area contributed by atoms with Crippen molar-refractivity contribution in [2.75, 3.05) is 11.5 Å². The molecule has 1 saturated heterocycles. The molecular weight excluding hydrogens is 192 g/mol. The number of thioether (sulfide) groups is 1. The Morgan fingerprint density at radius 3 is 2.71 bits per heavy atom. The number of rotatable bonds is 7. The van der Waals surface area contributed by atoms with Gasteiger partial charge in [-0.1, -0.05) is 32.6 Å². The highest BCUT2D eigenvalue weighted by Gasteiger charge is 2.21. The molecule has 0 aromatic rings. The molecule has 0 bridgehead atoms. The maximum Gasteiger partial charge on any atom is 0.136 e. The number of hydrogen-bond acceptors (Lipinski definition) is 2. The number of unbranched alkanes of at least 4 members (excludes halogenated alkanes) is 4. The summed E-state index contributed by atoms with van der Waals surface area (Å²) in [5.41, 5.74) is 0. The Hall–Kier alpha value is 0.0200. The summed E-state index contributed by atoms with van der Waals surface area (Å²) in [5.74, 6) is 3.23. The van der Waals surface area contributed by atoms with Gasteiger partial charge in [0.1, 0.15) is 5.78 Å². The zero-order valence-corrected chi connectivity index (χ0v) is 10.1. The molecule has 0 aliphatic carbocycles. The zero-order valence-electron chi connectivity index (χ0n) is 9.26. The Labute approximate surface area is 92.0 Å². The molecular formula is C12H22OS. The smallest absolute Gasteiger partial charge is 0.136 e. The third-order valence-electron chi connectivity index (χ3n) is 2.91. The van der Waals surface area contributed by atoms with E-state index in [0.717, 1.165) is 25.0 Å². The van der Waals surface area contributed by atoms with Gasteiger partial charge in [-0.15, -0.1) is 0 Å². The van der Waals surface area contributed by atoms with Gasteiger partial charge in [0.15, 0.2) is 0 Å². The summed E-state index contributed by atoms with van der Waals surface area (Å²) < 4.78 is 0. The van der Waals surface area contributed by atoms with E-state index >= 15 is 0 Å². The van der Waals surface area contributed by atoms with Crippen LogP contribution in [0.2, 0.25) is 0 Å². The normalized spacial score (nSPS) is 21.4. The van der Waals surface area contributed by atoms with Crippen LogP contribution in [0.3, 0.4) is 0 Å². The van der Waals surface area contributed by atoms with Crippen LogP contribution in [0.25, 0.3) is 0 Å². The van der Waals surface area contributed by atoms with E-state index in [0.29, 0.717) is 11.7 Å². The lowest BCUT2D eigenvalue weighted by Crippen LogP contribution is -2.13. The third-order valence-corrected chi connectivity index (χ3v) is 4.07. The first-order valence-corrected chi connectivity index (χ1v) is 7.10. The SMILES string of the molecule is CCCCCCCC(=O)C1CCSC1. The lowest BCUT2D eigenvalue weighted by molar-refractivity contribution is -0.122. The summed E-state index contributed by atoms with van der Waals surface area (Å²) in [4.78, 5) is 11.7. The minimum absolute atomic E-state index is 0.408. The van der Waals surface area contributed by atoms with Crippen molar-refractivity contribution in [1.29, 1.82) is 0 Å². The van der Waals surface area contributed by atoms with Gasteiger partial charge in [0.05, 0.1) is 0 Å². The van der Waals surface area contributed by atoms with Crippen LogP contribution in [-0.2, 0) is 4.79 Å². The predicted octanol–water partition coefficient (Wildman–Crippen LogP) is 3.67. The summed E-state index contributed by atoms with van der Waals surface area (Å²) in [5, 5.41) is 0. The van der Waals surface area contributed by atoms with Crippen molar-refractivity contribution in [2.24, 2.45) is 5.92 Å². The second kappa shape index (κ2) is 7.33. The molecule has 1 nitrogen and oxygen atoms in total. The van der Waals surface area contributed by atoms with Gasteiger partial charge in [-0.05, 0) is 18.6 Å². The van der Waals surface area contributed by atoms with Gasteiger partial charge in [-0.25, -0.2) is 0 Å². The van der Waals surface area contributed by atoms with Crippen LogP contribution in [0.1, 0.15) is 51.9 Å². The van der Waals surface area contributed by atoms with Crippen LogP contribution < -0.4 is 0 Å². The van der Waals surface area contributed by atoms with Gasteiger partial charge < -0.3 is 0 Å². The molecule has 0 aromatic heterocycles. The first kappa shape index (κ1) is 12.1. The summed E-state index contributed by atoms with van der Waals surface area (Å²) in [7, 11) is 0. The second-order valence-electron chi connectivity index (χ2n) is 4.19. The summed E-state index contributed by atoms with van der Waals surface area (Å²) in [6, 6.07) is 0. The largest absolute Gasteiger partial charge is 0.299 e. The molecule has 1 atom stereocenters. The van der Waals surface area contributed by atoms with E-state index < -0.39 is 0 Å². The molecule has 1 rings (SSSR count). The molecule has 14 heavy (non-hydrogen) atoms. The summed E-state index contributed by atoms with van der Waals surface area (Å²) in [6.07, 6.45) is 8.27. The predicted molar refractivity (Wildman–Crippen MR) is 63.8 cm³/mol. The van der Waals surface area contributed by atoms with Gasteiger partial charge in [0, 0.05) is 18.1 Å². The highest BCUT2D eigenvalue weighted by atomic mass is 32.2. The highest BCUT2D eigenvalue weighted by Crippen LogP contribution is 2.25. The van der Waals surface area contributed by atoms with E-state index in [4.69, 9.17) is 0 Å². The maximum absolute atomic E-state index is 11.7. The van der Waals surface area contributed by atoms with Crippen LogP contribution in [0.5, 0.6) is 0 Å². The number of carbonyl (C=O) groups is 1. The molecule has 0 radical (unpaired) electrons. The molecule has 0 N–H and O–H groups in total. The summed E-state index contributed by atoms with van der Waals surface area (Å²) >= 11 is 1.94. The van der Waals surface area contributed by atoms with Crippen molar-refractivity contribution in [3.8, 4) is 0 Å². The molecule has 0 saturated carbocycles. The van der Waals surface area contributed by atoms with Crippen LogP contribution in [-0.4, -0.2) is 17.3 Å². The fourth-order valence-electron chi connectivity index (χ4n) is 1.90. The average molecular weight is 214 g/mol. The van der Waals surface area contributed by atoms with Crippen LogP contribution in [0, 0.1) is 5.92 Å². The van der Waals surface area contributed by atoms with E-state index in [1.165, 1.54) is 31.4 Å². The van der Waals surface area contributed by atoms with Crippen molar-refractivity contribution in [2.45, 2.75) is 51.9 Å². The molecule has 1 unspecified atom stereocenters. The van der Waals surface area contributed by atoms with Crippen molar-refractivity contribution in [1.82, 2.24) is 0 Å². The van der Waals surface area contributed by atoms with Gasteiger partial charge in [-0.2, -0.15) is 11.8 Å². The standard InChI is InChI=1S/C12H22OS/c1-2-3-4-5-6-7-12(13)11-8-9-14-10-11/h11H,2-10H2,1H3. The fourth-order valence-corrected chi connectivity index (χ4v) is 3.15. The molecule has 82 valence electrons. The van der Waals surface area contributed by atoms with E-state index in [1.807, 2.05) is 11.8 Å². The first-order chi connectivity index (χ1) is 6.84. The number of carbonyl (C=O) groups excluding carboxylic acids is 1. The van der Waals surface area contributed by atoms with E-state index in [9.17, 15) is 4.79 Å². The topological polar surface area (TPSA) is 17.1 Å². The van der Waals surface area contributed by atoms with Crippen molar-refractivity contribution in [3.05, 3.63) is 0 Å². The Bertz CT molecular complexity index is 162. The average Bonchev–Trinajstić information content (AvgIpc) is 2.70. The van der Waals surface area contributed by atoms with Gasteiger partial charge in [0.25, 0.3) is 0 Å². The Balaban J connectivity index is 1.97. The van der Waals surface area contributed by atoms with Crippen LogP contribution >= 0.6 is 11.8 Å². The van der Waals surface area contributed by atoms with Crippen molar-refractivity contribution < 1.29 is 4.79 Å². The number of hydrogen-bond donors (Lipinski definition) is 0. The Morgan fingerprint density at radius 2 is 2.07 bits per heavy atom. The number of ketones is 1. The van der Waals surface area contributed by atoms with E-state index in [2.05, 4.69) is 6.92 Å². The van der Waals surface area contributed by atoms with Gasteiger partial charge in [0.2, 0.25) is 0 Å². The van der Waals surface area contributed by atoms with Crippen molar-refractivity contribution >= 4 is 17.5 Å². The van der Waals surface area contributed by atoms with Gasteiger partial charge >= 0.3 is 0 Å². The quantitative estimate of drug-likeness (QED) is 0.601. The van der Waals surface area contributed by atoms with Crippen LogP contribution in [0.4, 0.5) is 0 Å². The minimum Gasteiger partial charge on any atom is -0.299 e. The molecule has 0 aromatic carbocycles. The third kappa shape index (κ3) is 4.50. The van der Waals surface area contributed by atoms with Crippen LogP contribution in [0.15, 0.2) is 0 Å². The molecule has 2 heteroatoms. The van der Waals surface area contributed by atoms with E-state index in [1.54, 1.807) is 0 Å². The second-order valence-corrected chi connectivity index (χ2v) is 5.34. The summed E-state index contributed by atoms with van der Waals surface area (Å²) in [6.45, 7) is 2.22. The molecule has 1 fully saturated rings. The lowest BCUT2D eigenvalue weighted by atomic mass is 9.98. The maximum atomic E-state index is 11.7. The zero-order chi connectivity index (χ0) is 10.2. The fraction of sp³-hybridized carbons (Fsp3) is 0.917. The van der Waals surface area contributed by atoms with E-state index in [-0.39, 0.29) is 0 Å². The van der Waals surface area contributed by atoms with Crippen molar-refractivity contribution in [3.63, 3.8) is 0 Å². The first-order valence-electron chi connectivity index (χ1n) is 5.95. The van der Waals surface area contributed by atoms with Gasteiger partial charge in [-0.3, -0.25) is 4.79 Å². The Kier molecular flexibility index (Phi) is 6.33. The monoisotopic (exact) mass is 214 g/mol. The number of Topliss-reactive ketones (excluding diaryl/α,β-unsaturated/α-hetero) is 1. The lowest BCUT2D eigenvalue weighted by Gasteiger charge is -2.06. The molecule has 1 aliphatic heterocycles. The molecule has 1 aliphatic rings. The molecule has 1 heterocycles.